The van der Waals surface area contributed by atoms with Crippen LogP contribution >= 0.6 is 0 Å². The molecule has 1 aromatic carbocycles. The second kappa shape index (κ2) is 6.58. The molecule has 132 valence electrons. The second-order valence-corrected chi connectivity index (χ2v) is 5.39. The molecule has 1 N–H and O–H groups in total. The Morgan fingerprint density at radius 3 is 2.08 bits per heavy atom. The predicted molar refractivity (Wildman–Crippen MR) is 82.1 cm³/mol. The fourth-order valence-corrected chi connectivity index (χ4v) is 2.15. The summed E-state index contributed by atoms with van der Waals surface area (Å²) in [6.07, 6.45) is -4.79. The number of benzene rings is 1. The van der Waals surface area contributed by atoms with Crippen molar-refractivity contribution in [2.45, 2.75) is 39.4 Å². The first-order valence-corrected chi connectivity index (χ1v) is 7.24. The Bertz CT molecular complexity index is 684. The van der Waals surface area contributed by atoms with E-state index >= 15 is 0 Å². The van der Waals surface area contributed by atoms with Crippen molar-refractivity contribution in [1.29, 1.82) is 0 Å². The van der Waals surface area contributed by atoms with Crippen molar-refractivity contribution in [2.24, 2.45) is 0 Å². The van der Waals surface area contributed by atoms with Crippen molar-refractivity contribution in [2.75, 3.05) is 11.9 Å². The average molecular weight is 346 g/mol. The number of hydrogen-bond acceptors (Lipinski definition) is 3. The van der Waals surface area contributed by atoms with Crippen LogP contribution in [0.1, 0.15) is 33.3 Å². The number of carbonyl (C=O) groups is 2. The van der Waals surface area contributed by atoms with Gasteiger partial charge in [0.05, 0.1) is 5.69 Å². The Kier molecular flexibility index (Phi) is 5.37. The van der Waals surface area contributed by atoms with Gasteiger partial charge in [-0.2, -0.15) is 13.2 Å². The van der Waals surface area contributed by atoms with E-state index in [1.54, 1.807) is 0 Å². The molecule has 0 bridgehead atoms. The molecule has 6 nitrogen and oxygen atoms in total. The number of nitroso groups, excluding NO2 is 1. The van der Waals surface area contributed by atoms with Crippen molar-refractivity contribution < 1.29 is 27.5 Å². The molecule has 2 rings (SSSR count). The van der Waals surface area contributed by atoms with Crippen molar-refractivity contribution >= 4 is 23.3 Å². The molecule has 0 aromatic heterocycles. The number of alkyl halides is 3. The first-order chi connectivity index (χ1) is 10.9. The molecule has 1 fully saturated rings. The van der Waals surface area contributed by atoms with Gasteiger partial charge < -0.3 is 5.32 Å². The number of halogens is 3. The molecule has 0 unspecified atom stereocenters. The molecule has 1 heterocycles. The van der Waals surface area contributed by atoms with E-state index in [-0.39, 0.29) is 10.4 Å². The monoisotopic (exact) mass is 346 g/mol. The van der Waals surface area contributed by atoms with Gasteiger partial charge in [0.1, 0.15) is 11.1 Å². The normalized spacial score (nSPS) is 16.4. The van der Waals surface area contributed by atoms with Crippen molar-refractivity contribution in [3.05, 3.63) is 28.7 Å². The van der Waals surface area contributed by atoms with E-state index < -0.39 is 34.9 Å². The molecular weight excluding hydrogens is 327 g/mol. The summed E-state index contributed by atoms with van der Waals surface area (Å²) >= 11 is 0. The highest BCUT2D eigenvalue weighted by Gasteiger charge is 2.46. The predicted octanol–water partition coefficient (Wildman–Crippen LogP) is 3.61. The van der Waals surface area contributed by atoms with Crippen LogP contribution in [0.2, 0.25) is 0 Å². The molecule has 1 aromatic rings. The van der Waals surface area contributed by atoms with Crippen LogP contribution < -0.4 is 10.2 Å². The number of rotatable bonds is 2. The zero-order valence-corrected chi connectivity index (χ0v) is 14.0. The standard InChI is InChI=1S/C13H12F3N3O3.C2H6/c1-12(2)10(20)19(11(21)17-12)7-4-5-9(18(3)22)8(6-7)13(14,15)16;1-2/h4-6H,1-3H3;1-2H3/p+1. The minimum absolute atomic E-state index is 0.0718. The summed E-state index contributed by atoms with van der Waals surface area (Å²) in [6, 6.07) is 1.85. The lowest BCUT2D eigenvalue weighted by atomic mass is 10.1. The Morgan fingerprint density at radius 1 is 1.17 bits per heavy atom. The maximum absolute atomic E-state index is 13.1. The quantitative estimate of drug-likeness (QED) is 0.657. The summed E-state index contributed by atoms with van der Waals surface area (Å²) in [7, 11) is 0.932. The fraction of sp³-hybridized carbons (Fsp3) is 0.467. The van der Waals surface area contributed by atoms with E-state index in [4.69, 9.17) is 0 Å². The number of carbonyl (C=O) groups excluding carboxylic acids is 2. The second-order valence-electron chi connectivity index (χ2n) is 5.39. The van der Waals surface area contributed by atoms with Crippen LogP contribution in [-0.2, 0) is 11.0 Å². The summed E-state index contributed by atoms with van der Waals surface area (Å²) < 4.78 is 39.2. The van der Waals surface area contributed by atoms with E-state index in [2.05, 4.69) is 5.32 Å². The summed E-state index contributed by atoms with van der Waals surface area (Å²) in [5, 5.41) is 2.37. The molecule has 0 aliphatic carbocycles. The lowest BCUT2D eigenvalue weighted by Gasteiger charge is -2.17. The molecule has 3 amide bonds. The van der Waals surface area contributed by atoms with Crippen molar-refractivity contribution in [1.82, 2.24) is 5.32 Å². The average Bonchev–Trinajstić information content (AvgIpc) is 2.67. The Hall–Kier alpha value is -2.45. The first kappa shape index (κ1) is 19.6. The minimum Gasteiger partial charge on any atom is -0.323 e. The number of nitrogens with zero attached hydrogens (tertiary/aromatic N) is 2. The minimum atomic E-state index is -4.79. The molecule has 0 radical (unpaired) electrons. The zero-order valence-electron chi connectivity index (χ0n) is 14.0. The van der Waals surface area contributed by atoms with Crippen LogP contribution in [0, 0.1) is 4.91 Å². The number of hydrogen-bond donors (Lipinski definition) is 1. The van der Waals surface area contributed by atoms with Crippen LogP contribution in [0.4, 0.5) is 29.3 Å². The Morgan fingerprint density at radius 2 is 1.71 bits per heavy atom. The number of urea groups is 1. The van der Waals surface area contributed by atoms with Crippen LogP contribution in [0.25, 0.3) is 0 Å². The Labute approximate surface area is 137 Å². The van der Waals surface area contributed by atoms with E-state index in [0.717, 1.165) is 19.2 Å². The number of anilines is 1. The van der Waals surface area contributed by atoms with Gasteiger partial charge in [0.15, 0.2) is 7.05 Å². The highest BCUT2D eigenvalue weighted by Crippen LogP contribution is 2.39. The molecule has 1 aliphatic rings. The van der Waals surface area contributed by atoms with E-state index in [1.807, 2.05) is 13.8 Å². The van der Waals surface area contributed by atoms with Gasteiger partial charge in [-0.1, -0.05) is 13.8 Å². The van der Waals surface area contributed by atoms with E-state index in [9.17, 15) is 27.7 Å². The summed E-state index contributed by atoms with van der Waals surface area (Å²) in [5.74, 6) is -0.672. The van der Waals surface area contributed by atoms with Gasteiger partial charge in [-0.05, 0) is 26.0 Å². The molecule has 9 heteroatoms. The largest absolute Gasteiger partial charge is 0.423 e. The first-order valence-electron chi connectivity index (χ1n) is 7.24. The Balaban J connectivity index is 0.00000139. The van der Waals surface area contributed by atoms with Crippen LogP contribution in [0.15, 0.2) is 18.2 Å². The summed E-state index contributed by atoms with van der Waals surface area (Å²) in [5.41, 5.74) is -3.26. The zero-order chi connectivity index (χ0) is 18.9. The van der Waals surface area contributed by atoms with Crippen LogP contribution in [0.3, 0.4) is 0 Å². The number of imide groups is 1. The van der Waals surface area contributed by atoms with Gasteiger partial charge >= 0.3 is 12.2 Å². The van der Waals surface area contributed by atoms with Gasteiger partial charge in [-0.3, -0.25) is 4.79 Å². The van der Waals surface area contributed by atoms with Crippen LogP contribution in [0.5, 0.6) is 0 Å². The molecule has 0 spiro atoms. The highest BCUT2D eigenvalue weighted by molar-refractivity contribution is 6.23. The van der Waals surface area contributed by atoms with Gasteiger partial charge in [-0.15, -0.1) is 0 Å². The van der Waals surface area contributed by atoms with Crippen LogP contribution in [-0.4, -0.2) is 29.3 Å². The van der Waals surface area contributed by atoms with Gasteiger partial charge in [0, 0.05) is 15.7 Å². The lowest BCUT2D eigenvalue weighted by molar-refractivity contribution is -0.430. The third kappa shape index (κ3) is 3.55. The molecule has 0 atom stereocenters. The maximum atomic E-state index is 13.1. The van der Waals surface area contributed by atoms with Crippen molar-refractivity contribution in [3.63, 3.8) is 0 Å². The molecular formula is C15H19F3N3O3+. The SMILES string of the molecule is CC.C[N+](=O)c1ccc(N2C(=O)NC(C)(C)C2=O)cc1C(F)(F)F. The summed E-state index contributed by atoms with van der Waals surface area (Å²) in [6.45, 7) is 6.88. The number of amides is 3. The third-order valence-corrected chi connectivity index (χ3v) is 3.24. The van der Waals surface area contributed by atoms with Gasteiger partial charge in [0.2, 0.25) is 0 Å². The molecule has 24 heavy (non-hydrogen) atoms. The summed E-state index contributed by atoms with van der Waals surface area (Å²) in [4.78, 5) is 35.8. The highest BCUT2D eigenvalue weighted by atomic mass is 19.4. The van der Waals surface area contributed by atoms with E-state index in [1.165, 1.54) is 13.8 Å². The van der Waals surface area contributed by atoms with Gasteiger partial charge in [-0.25, -0.2) is 9.69 Å². The molecule has 0 saturated carbocycles. The third-order valence-electron chi connectivity index (χ3n) is 3.24. The van der Waals surface area contributed by atoms with E-state index in [0.29, 0.717) is 11.0 Å². The lowest BCUT2D eigenvalue weighted by Crippen LogP contribution is -2.40. The topological polar surface area (TPSA) is 69.5 Å². The number of nitrogens with one attached hydrogen (secondary N) is 1. The molecule has 1 saturated heterocycles. The van der Waals surface area contributed by atoms with Gasteiger partial charge in [0.25, 0.3) is 11.6 Å². The maximum Gasteiger partial charge on any atom is 0.423 e. The molecule has 1 aliphatic heterocycles. The smallest absolute Gasteiger partial charge is 0.323 e. The van der Waals surface area contributed by atoms with Crippen molar-refractivity contribution in [3.8, 4) is 0 Å². The fourth-order valence-electron chi connectivity index (χ4n) is 2.15.